The molecular weight excluding hydrogens is 296 g/mol. The number of benzene rings is 1. The molecule has 0 spiro atoms. The number of nitro groups is 1. The molecule has 0 atom stereocenters. The van der Waals surface area contributed by atoms with Crippen molar-refractivity contribution in [3.8, 4) is 5.75 Å². The molecule has 0 aliphatic rings. The van der Waals surface area contributed by atoms with E-state index in [-0.39, 0.29) is 28.3 Å². The Hall–Kier alpha value is -1.83. The number of hydrogen-bond acceptors (Lipinski definition) is 5. The lowest BCUT2D eigenvalue weighted by atomic mass is 9.86. The largest absolute Gasteiger partial charge is 0.489 e. The van der Waals surface area contributed by atoms with Crippen LogP contribution in [0.25, 0.3) is 0 Å². The summed E-state index contributed by atoms with van der Waals surface area (Å²) in [5.74, 6) is -0.228. The Morgan fingerprint density at radius 2 is 1.90 bits per heavy atom. The smallest absolute Gasteiger partial charge is 0.313 e. The summed E-state index contributed by atoms with van der Waals surface area (Å²) in [6, 6.07) is 2.97. The number of nitro benzene ring substituents is 1. The number of ether oxygens (including phenoxy) is 1. The van der Waals surface area contributed by atoms with E-state index in [1.54, 1.807) is 6.07 Å². The lowest BCUT2D eigenvalue weighted by Crippen LogP contribution is -2.18. The fourth-order valence-electron chi connectivity index (χ4n) is 1.71. The second kappa shape index (κ2) is 5.88. The predicted molar refractivity (Wildman–Crippen MR) is 81.4 cm³/mol. The quantitative estimate of drug-likeness (QED) is 0.665. The zero-order valence-electron chi connectivity index (χ0n) is 12.8. The van der Waals surface area contributed by atoms with Crippen LogP contribution < -0.4 is 9.46 Å². The van der Waals surface area contributed by atoms with E-state index in [1.165, 1.54) is 20.1 Å². The van der Waals surface area contributed by atoms with Gasteiger partial charge in [0.05, 0.1) is 23.5 Å². The summed E-state index contributed by atoms with van der Waals surface area (Å²) < 4.78 is 30.9. The highest BCUT2D eigenvalue weighted by Crippen LogP contribution is 2.40. The van der Waals surface area contributed by atoms with Gasteiger partial charge in [-0.1, -0.05) is 20.8 Å². The third-order valence-electron chi connectivity index (χ3n) is 2.98. The molecule has 0 aromatic heterocycles. The van der Waals surface area contributed by atoms with Crippen molar-refractivity contribution in [3.63, 3.8) is 0 Å². The molecule has 0 bridgehead atoms. The molecule has 118 valence electrons. The van der Waals surface area contributed by atoms with Crippen molar-refractivity contribution in [2.75, 3.05) is 17.6 Å². The molecule has 1 aromatic carbocycles. The highest BCUT2D eigenvalue weighted by atomic mass is 32.2. The van der Waals surface area contributed by atoms with Crippen molar-refractivity contribution >= 4 is 21.4 Å². The first kappa shape index (κ1) is 17.2. The van der Waals surface area contributed by atoms with Gasteiger partial charge in [0.25, 0.3) is 0 Å². The highest BCUT2D eigenvalue weighted by Gasteiger charge is 2.26. The third kappa shape index (κ3) is 4.07. The lowest BCUT2D eigenvalue weighted by Gasteiger charge is -2.21. The minimum Gasteiger partial charge on any atom is -0.489 e. The van der Waals surface area contributed by atoms with Crippen molar-refractivity contribution < 1.29 is 18.1 Å². The molecule has 0 radical (unpaired) electrons. The van der Waals surface area contributed by atoms with Gasteiger partial charge < -0.3 is 4.74 Å². The van der Waals surface area contributed by atoms with Gasteiger partial charge in [0, 0.05) is 6.07 Å². The minimum absolute atomic E-state index is 0.0819. The molecule has 0 heterocycles. The molecule has 1 rings (SSSR count). The standard InChI is InChI=1S/C13H20N2O5S/c1-6-21(18,19)14-10-7-9(13(2,3)4)8-11(15(16)17)12(10)20-5/h7-8,14H,6H2,1-5H3. The maximum Gasteiger partial charge on any atom is 0.313 e. The number of nitrogens with zero attached hydrogens (tertiary/aromatic N) is 1. The Balaban J connectivity index is 3.59. The van der Waals surface area contributed by atoms with E-state index < -0.39 is 14.9 Å². The van der Waals surface area contributed by atoms with Crippen LogP contribution in [0.5, 0.6) is 5.75 Å². The second-order valence-corrected chi connectivity index (χ2v) is 7.60. The van der Waals surface area contributed by atoms with Crippen molar-refractivity contribution in [3.05, 3.63) is 27.8 Å². The van der Waals surface area contributed by atoms with Gasteiger partial charge in [-0.3, -0.25) is 14.8 Å². The Bertz CT molecular complexity index is 647. The molecule has 0 saturated carbocycles. The van der Waals surface area contributed by atoms with Crippen LogP contribution >= 0.6 is 0 Å². The van der Waals surface area contributed by atoms with Gasteiger partial charge in [-0.2, -0.15) is 0 Å². The average molecular weight is 316 g/mol. The van der Waals surface area contributed by atoms with E-state index in [1.807, 2.05) is 20.8 Å². The van der Waals surface area contributed by atoms with Crippen molar-refractivity contribution in [1.29, 1.82) is 0 Å². The summed E-state index contributed by atoms with van der Waals surface area (Å²) in [5, 5.41) is 11.2. The maximum absolute atomic E-state index is 11.7. The molecule has 0 fully saturated rings. The van der Waals surface area contributed by atoms with E-state index in [2.05, 4.69) is 4.72 Å². The summed E-state index contributed by atoms with van der Waals surface area (Å²) >= 11 is 0. The van der Waals surface area contributed by atoms with E-state index in [0.717, 1.165) is 0 Å². The molecule has 7 nitrogen and oxygen atoms in total. The molecule has 0 aliphatic carbocycles. The minimum atomic E-state index is -3.56. The van der Waals surface area contributed by atoms with Gasteiger partial charge in [0.1, 0.15) is 0 Å². The average Bonchev–Trinajstić information content (AvgIpc) is 2.36. The number of nitrogens with one attached hydrogen (secondary N) is 1. The Kier molecular flexibility index (Phi) is 4.83. The zero-order chi connectivity index (χ0) is 16.4. The van der Waals surface area contributed by atoms with Gasteiger partial charge >= 0.3 is 5.69 Å². The van der Waals surface area contributed by atoms with Gasteiger partial charge in [-0.15, -0.1) is 0 Å². The summed E-state index contributed by atoms with van der Waals surface area (Å²) in [5.41, 5.74) is 0.0877. The molecule has 21 heavy (non-hydrogen) atoms. The van der Waals surface area contributed by atoms with Gasteiger partial charge in [0.2, 0.25) is 15.8 Å². The predicted octanol–water partition coefficient (Wildman–Crippen LogP) is 2.66. The van der Waals surface area contributed by atoms with E-state index in [4.69, 9.17) is 4.74 Å². The summed E-state index contributed by atoms with van der Waals surface area (Å²) in [4.78, 5) is 10.6. The second-order valence-electron chi connectivity index (χ2n) is 5.59. The van der Waals surface area contributed by atoms with Gasteiger partial charge in [-0.05, 0) is 24.0 Å². The maximum atomic E-state index is 11.7. The van der Waals surface area contributed by atoms with Crippen LogP contribution in [0, 0.1) is 10.1 Å². The lowest BCUT2D eigenvalue weighted by molar-refractivity contribution is -0.385. The van der Waals surface area contributed by atoms with Crippen molar-refractivity contribution in [2.45, 2.75) is 33.1 Å². The van der Waals surface area contributed by atoms with Crippen LogP contribution in [0.2, 0.25) is 0 Å². The Labute approximate surface area is 124 Å². The molecule has 1 N–H and O–H groups in total. The van der Waals surface area contributed by atoms with Gasteiger partial charge in [-0.25, -0.2) is 8.42 Å². The topological polar surface area (TPSA) is 98.5 Å². The van der Waals surface area contributed by atoms with Crippen LogP contribution in [0.3, 0.4) is 0 Å². The number of anilines is 1. The number of methoxy groups -OCH3 is 1. The molecule has 0 aliphatic heterocycles. The van der Waals surface area contributed by atoms with Crippen molar-refractivity contribution in [2.24, 2.45) is 0 Å². The van der Waals surface area contributed by atoms with E-state index in [9.17, 15) is 18.5 Å². The fourth-order valence-corrected chi connectivity index (χ4v) is 2.34. The SMILES string of the molecule is CCS(=O)(=O)Nc1cc(C(C)(C)C)cc([N+](=O)[O-])c1OC. The van der Waals surface area contributed by atoms with Gasteiger partial charge in [0.15, 0.2) is 0 Å². The molecule has 0 saturated heterocycles. The van der Waals surface area contributed by atoms with Crippen LogP contribution in [-0.2, 0) is 15.4 Å². The van der Waals surface area contributed by atoms with Crippen LogP contribution in [-0.4, -0.2) is 26.2 Å². The molecule has 0 unspecified atom stereocenters. The Morgan fingerprint density at radius 3 is 2.29 bits per heavy atom. The van der Waals surface area contributed by atoms with E-state index >= 15 is 0 Å². The summed E-state index contributed by atoms with van der Waals surface area (Å²) in [7, 11) is -2.30. The molecular formula is C13H20N2O5S. The molecule has 8 heteroatoms. The normalized spacial score (nSPS) is 12.0. The number of sulfonamides is 1. The van der Waals surface area contributed by atoms with Crippen LogP contribution in [0.15, 0.2) is 12.1 Å². The summed E-state index contributed by atoms with van der Waals surface area (Å²) in [6.07, 6.45) is 0. The molecule has 0 amide bonds. The van der Waals surface area contributed by atoms with Crippen LogP contribution in [0.1, 0.15) is 33.3 Å². The van der Waals surface area contributed by atoms with Crippen LogP contribution in [0.4, 0.5) is 11.4 Å². The fraction of sp³-hybridized carbons (Fsp3) is 0.538. The first-order valence-electron chi connectivity index (χ1n) is 6.39. The zero-order valence-corrected chi connectivity index (χ0v) is 13.6. The monoisotopic (exact) mass is 316 g/mol. The first-order chi connectivity index (χ1) is 9.51. The highest BCUT2D eigenvalue weighted by molar-refractivity contribution is 7.92. The summed E-state index contributed by atoms with van der Waals surface area (Å²) in [6.45, 7) is 7.14. The van der Waals surface area contributed by atoms with E-state index in [0.29, 0.717) is 5.56 Å². The Morgan fingerprint density at radius 1 is 1.33 bits per heavy atom. The number of rotatable bonds is 5. The number of hydrogen-bond donors (Lipinski definition) is 1. The van der Waals surface area contributed by atoms with Crippen molar-refractivity contribution in [1.82, 2.24) is 0 Å². The molecule has 1 aromatic rings. The third-order valence-corrected chi connectivity index (χ3v) is 4.27. The first-order valence-corrected chi connectivity index (χ1v) is 8.04.